The number of hydrogen-bond acceptors (Lipinski definition) is 7. The number of sulfone groups is 1. The third-order valence-electron chi connectivity index (χ3n) is 2.65. The highest BCUT2D eigenvalue weighted by molar-refractivity contribution is 8.38. The minimum Gasteiger partial charge on any atom is -0.233 e. The van der Waals surface area contributed by atoms with Gasteiger partial charge in [0.25, 0.3) is 0 Å². The Morgan fingerprint density at radius 1 is 1.17 bits per heavy atom. The largest absolute Gasteiger partial charge is 0.233 e. The maximum absolute atomic E-state index is 12.4. The van der Waals surface area contributed by atoms with Crippen molar-refractivity contribution in [1.29, 1.82) is 0 Å². The van der Waals surface area contributed by atoms with Gasteiger partial charge in [-0.15, -0.1) is 35.3 Å². The zero-order chi connectivity index (χ0) is 17.5. The van der Waals surface area contributed by atoms with E-state index < -0.39 is 9.84 Å². The van der Waals surface area contributed by atoms with E-state index in [0.29, 0.717) is 15.6 Å². The molecule has 0 unspecified atom stereocenters. The lowest BCUT2D eigenvalue weighted by molar-refractivity contribution is 0.609. The van der Waals surface area contributed by atoms with E-state index in [4.69, 9.17) is 12.2 Å². The fourth-order valence-electron chi connectivity index (χ4n) is 1.73. The van der Waals surface area contributed by atoms with E-state index in [1.807, 2.05) is 49.8 Å². The van der Waals surface area contributed by atoms with Crippen molar-refractivity contribution in [3.63, 3.8) is 0 Å². The van der Waals surface area contributed by atoms with Gasteiger partial charge in [0.05, 0.1) is 9.89 Å². The van der Waals surface area contributed by atoms with Gasteiger partial charge >= 0.3 is 0 Å². The monoisotopic (exact) mass is 405 g/mol. The van der Waals surface area contributed by atoms with Gasteiger partial charge in [0.2, 0.25) is 0 Å². The summed E-state index contributed by atoms with van der Waals surface area (Å²) in [6, 6.07) is 9.30. The third kappa shape index (κ3) is 6.26. The minimum absolute atomic E-state index is 0.131. The Bertz CT molecular complexity index is 703. The summed E-state index contributed by atoms with van der Waals surface area (Å²) in [4.78, 5) is 4.73. The molecule has 0 aliphatic carbocycles. The Labute approximate surface area is 156 Å². The molecule has 8 heteroatoms. The number of hydrogen-bond donors (Lipinski definition) is 0. The molecule has 0 atom stereocenters. The molecule has 0 saturated heterocycles. The molecule has 3 nitrogen and oxygen atoms in total. The molecule has 126 valence electrons. The Hall–Kier alpha value is -0.280. The second-order valence-corrected chi connectivity index (χ2v) is 10.1. The predicted octanol–water partition coefficient (Wildman–Crippen LogP) is 4.56. The normalized spacial score (nSPS) is 12.5. The Kier molecular flexibility index (Phi) is 8.92. The molecule has 0 aromatic heterocycles. The van der Waals surface area contributed by atoms with Crippen molar-refractivity contribution in [2.24, 2.45) is 4.99 Å². The number of thiocarbonyl (C=S) groups is 1. The number of benzene rings is 1. The summed E-state index contributed by atoms with van der Waals surface area (Å²) in [7, 11) is -3.50. The Morgan fingerprint density at radius 2 is 1.74 bits per heavy atom. The van der Waals surface area contributed by atoms with Crippen LogP contribution in [0.5, 0.6) is 0 Å². The highest BCUT2D eigenvalue weighted by Crippen LogP contribution is 2.30. The molecule has 23 heavy (non-hydrogen) atoms. The number of thioether (sulfide) groups is 3. The van der Waals surface area contributed by atoms with Gasteiger partial charge in [-0.25, -0.2) is 13.4 Å². The molecule has 0 spiro atoms. The lowest BCUT2D eigenvalue weighted by Gasteiger charge is -2.12. The minimum atomic E-state index is -3.50. The van der Waals surface area contributed by atoms with Crippen LogP contribution in [-0.4, -0.2) is 41.5 Å². The molecule has 0 aliphatic rings. The number of nitrogens with zero attached hydrogens (tertiary/aromatic N) is 1. The molecule has 1 rings (SSSR count). The lowest BCUT2D eigenvalue weighted by atomic mass is 10.1. The van der Waals surface area contributed by atoms with Crippen LogP contribution in [0, 0.1) is 0 Å². The van der Waals surface area contributed by atoms with Gasteiger partial charge in [-0.05, 0) is 18.3 Å². The summed E-state index contributed by atoms with van der Waals surface area (Å²) >= 11 is 9.67. The van der Waals surface area contributed by atoms with Gasteiger partial charge in [0.15, 0.2) is 9.84 Å². The Balaban J connectivity index is 3.74. The first-order valence-corrected chi connectivity index (χ1v) is 12.4. The van der Waals surface area contributed by atoms with E-state index >= 15 is 0 Å². The molecule has 0 aliphatic heterocycles. The van der Waals surface area contributed by atoms with Crippen molar-refractivity contribution in [2.45, 2.75) is 6.92 Å². The SMILES string of the molecule is CCSC(=S)/C(=C(\N=C(SC)SC)c1ccccc1)S(C)(=O)=O. The summed E-state index contributed by atoms with van der Waals surface area (Å²) in [6.07, 6.45) is 5.01. The van der Waals surface area contributed by atoms with Crippen LogP contribution in [0.15, 0.2) is 40.2 Å². The first kappa shape index (κ1) is 20.8. The molecule has 0 bridgehead atoms. The molecule has 1 aromatic carbocycles. The summed E-state index contributed by atoms with van der Waals surface area (Å²) < 4.78 is 25.9. The maximum atomic E-state index is 12.4. The van der Waals surface area contributed by atoms with E-state index in [1.54, 1.807) is 0 Å². The van der Waals surface area contributed by atoms with Crippen LogP contribution in [0.25, 0.3) is 5.70 Å². The summed E-state index contributed by atoms with van der Waals surface area (Å²) in [5, 5.41) is 0. The van der Waals surface area contributed by atoms with Gasteiger partial charge in [-0.3, -0.25) is 0 Å². The Morgan fingerprint density at radius 3 is 2.17 bits per heavy atom. The van der Waals surface area contributed by atoms with E-state index in [0.717, 1.165) is 9.94 Å². The van der Waals surface area contributed by atoms with Crippen LogP contribution in [0.2, 0.25) is 0 Å². The van der Waals surface area contributed by atoms with Crippen LogP contribution in [-0.2, 0) is 9.84 Å². The molecule has 0 heterocycles. The van der Waals surface area contributed by atoms with Crippen LogP contribution >= 0.6 is 47.5 Å². The number of rotatable bonds is 5. The number of aliphatic imine (C=N–C) groups is 1. The smallest absolute Gasteiger partial charge is 0.179 e. The first-order chi connectivity index (χ1) is 10.8. The fourth-order valence-corrected chi connectivity index (χ4v) is 5.60. The zero-order valence-corrected chi connectivity index (χ0v) is 17.5. The van der Waals surface area contributed by atoms with E-state index in [9.17, 15) is 8.42 Å². The maximum Gasteiger partial charge on any atom is 0.179 e. The standard InChI is InChI=1S/C15H19NO2S5/c1-5-22-14(19)13(23(4,17)18)12(16-15(20-2)21-3)11-9-7-6-8-10-11/h6-10H,5H2,1-4H3/b13-12+. The lowest BCUT2D eigenvalue weighted by Crippen LogP contribution is -2.11. The van der Waals surface area contributed by atoms with Crippen LogP contribution in [0.1, 0.15) is 12.5 Å². The quantitative estimate of drug-likeness (QED) is 0.310. The summed E-state index contributed by atoms with van der Waals surface area (Å²) in [5.74, 6) is 0.710. The van der Waals surface area contributed by atoms with Crippen molar-refractivity contribution < 1.29 is 8.42 Å². The fraction of sp³-hybridized carbons (Fsp3) is 0.333. The average molecular weight is 406 g/mol. The van der Waals surface area contributed by atoms with E-state index in [2.05, 4.69) is 4.99 Å². The van der Waals surface area contributed by atoms with Crippen molar-refractivity contribution in [1.82, 2.24) is 0 Å². The molecule has 0 radical (unpaired) electrons. The molecular weight excluding hydrogens is 387 g/mol. The van der Waals surface area contributed by atoms with Gasteiger partial charge < -0.3 is 0 Å². The molecule has 0 saturated carbocycles. The predicted molar refractivity (Wildman–Crippen MR) is 113 cm³/mol. The van der Waals surface area contributed by atoms with Gasteiger partial charge in [-0.1, -0.05) is 49.5 Å². The van der Waals surface area contributed by atoms with Crippen LogP contribution in [0.4, 0.5) is 0 Å². The van der Waals surface area contributed by atoms with Crippen molar-refractivity contribution in [2.75, 3.05) is 24.5 Å². The van der Waals surface area contributed by atoms with Gasteiger partial charge in [0, 0.05) is 11.8 Å². The molecule has 0 N–H and O–H groups in total. The summed E-state index contributed by atoms with van der Waals surface area (Å²) in [5.41, 5.74) is 1.16. The summed E-state index contributed by atoms with van der Waals surface area (Å²) in [6.45, 7) is 1.94. The molecule has 0 fully saturated rings. The van der Waals surface area contributed by atoms with Gasteiger partial charge in [0.1, 0.15) is 9.28 Å². The van der Waals surface area contributed by atoms with E-state index in [-0.39, 0.29) is 4.91 Å². The highest BCUT2D eigenvalue weighted by atomic mass is 32.2. The first-order valence-electron chi connectivity index (χ1n) is 6.68. The van der Waals surface area contributed by atoms with E-state index in [1.165, 1.54) is 41.5 Å². The van der Waals surface area contributed by atoms with Crippen molar-refractivity contribution in [3.05, 3.63) is 40.8 Å². The topological polar surface area (TPSA) is 46.5 Å². The third-order valence-corrected chi connectivity index (χ3v) is 7.24. The second-order valence-electron chi connectivity index (χ2n) is 4.32. The van der Waals surface area contributed by atoms with Crippen molar-refractivity contribution in [3.8, 4) is 0 Å². The average Bonchev–Trinajstić information content (AvgIpc) is 2.51. The molecular formula is C15H19NO2S5. The van der Waals surface area contributed by atoms with Crippen LogP contribution in [0.3, 0.4) is 0 Å². The van der Waals surface area contributed by atoms with Gasteiger partial charge in [-0.2, -0.15) is 0 Å². The van der Waals surface area contributed by atoms with Crippen LogP contribution < -0.4 is 0 Å². The molecule has 0 amide bonds. The molecule has 1 aromatic rings. The van der Waals surface area contributed by atoms with Crippen molar-refractivity contribution >= 4 is 71.6 Å². The zero-order valence-electron chi connectivity index (χ0n) is 13.4. The highest BCUT2D eigenvalue weighted by Gasteiger charge is 2.23. The second kappa shape index (κ2) is 9.88.